The lowest BCUT2D eigenvalue weighted by Gasteiger charge is -2.26. The number of hydrogen-bond donors (Lipinski definition) is 1. The molecule has 8 heteroatoms. The van der Waals surface area contributed by atoms with Gasteiger partial charge in [0.05, 0.1) is 10.5 Å². The van der Waals surface area contributed by atoms with Crippen molar-refractivity contribution < 1.29 is 27.9 Å². The third-order valence-electron chi connectivity index (χ3n) is 2.55. The number of amides is 1. The summed E-state index contributed by atoms with van der Waals surface area (Å²) in [7, 11) is -4.18. The molecule has 0 spiro atoms. The summed E-state index contributed by atoms with van der Waals surface area (Å²) in [4.78, 5) is 22.7. The fraction of sp³-hybridized carbons (Fsp3) is 0.429. The number of sulfonamides is 1. The van der Waals surface area contributed by atoms with Crippen LogP contribution in [0.5, 0.6) is 0 Å². The van der Waals surface area contributed by atoms with E-state index >= 15 is 0 Å². The van der Waals surface area contributed by atoms with E-state index in [9.17, 15) is 18.0 Å². The summed E-state index contributed by atoms with van der Waals surface area (Å²) >= 11 is 0. The van der Waals surface area contributed by atoms with Gasteiger partial charge in [-0.2, -0.15) is 0 Å². The van der Waals surface area contributed by atoms with Crippen molar-refractivity contribution >= 4 is 22.1 Å². The van der Waals surface area contributed by atoms with Crippen LogP contribution in [-0.2, 0) is 14.8 Å². The molecule has 0 fully saturated rings. The summed E-state index contributed by atoms with van der Waals surface area (Å²) in [6.07, 6.45) is -1.00. The summed E-state index contributed by atoms with van der Waals surface area (Å²) in [6, 6.07) is 4.81. The molecule has 0 aromatic heterocycles. The first-order chi connectivity index (χ1) is 9.99. The second-order valence-electron chi connectivity index (χ2n) is 5.48. The van der Waals surface area contributed by atoms with Crippen molar-refractivity contribution in [2.24, 2.45) is 0 Å². The zero-order valence-electron chi connectivity index (χ0n) is 12.9. The van der Waals surface area contributed by atoms with Gasteiger partial charge in [0.2, 0.25) is 0 Å². The van der Waals surface area contributed by atoms with Crippen LogP contribution in [0.4, 0.5) is 4.79 Å². The largest absolute Gasteiger partial charge is 0.478 e. The molecule has 0 saturated heterocycles. The maximum atomic E-state index is 12.5. The molecule has 122 valence electrons. The minimum absolute atomic E-state index is 0.130. The first kappa shape index (κ1) is 18.0. The van der Waals surface area contributed by atoms with E-state index in [4.69, 9.17) is 9.84 Å². The van der Waals surface area contributed by atoms with Gasteiger partial charge in [-0.05, 0) is 45.9 Å². The van der Waals surface area contributed by atoms with Gasteiger partial charge in [-0.1, -0.05) is 6.07 Å². The van der Waals surface area contributed by atoms with Crippen molar-refractivity contribution in [3.05, 3.63) is 29.8 Å². The topological polar surface area (TPSA) is 101 Å². The average Bonchev–Trinajstić information content (AvgIpc) is 2.37. The Morgan fingerprint density at radius 2 is 1.86 bits per heavy atom. The van der Waals surface area contributed by atoms with Gasteiger partial charge in [0.15, 0.2) is 0 Å². The van der Waals surface area contributed by atoms with Crippen molar-refractivity contribution in [3.63, 3.8) is 0 Å². The maximum Gasteiger partial charge on any atom is 0.424 e. The van der Waals surface area contributed by atoms with Gasteiger partial charge in [0, 0.05) is 6.54 Å². The van der Waals surface area contributed by atoms with Crippen molar-refractivity contribution in [2.45, 2.75) is 38.2 Å². The second-order valence-corrected chi connectivity index (χ2v) is 7.35. The lowest BCUT2D eigenvalue weighted by molar-refractivity contribution is 0.0397. The Bertz CT molecular complexity index is 675. The van der Waals surface area contributed by atoms with Crippen LogP contribution in [0.2, 0.25) is 0 Å². The highest BCUT2D eigenvalue weighted by Crippen LogP contribution is 2.20. The molecule has 0 heterocycles. The molecule has 1 amide bonds. The highest BCUT2D eigenvalue weighted by atomic mass is 32.2. The fourth-order valence-electron chi connectivity index (χ4n) is 1.63. The molecule has 0 aliphatic heterocycles. The van der Waals surface area contributed by atoms with E-state index in [1.165, 1.54) is 25.1 Å². The van der Waals surface area contributed by atoms with Gasteiger partial charge in [-0.15, -0.1) is 0 Å². The predicted molar refractivity (Wildman–Crippen MR) is 79.2 cm³/mol. The predicted octanol–water partition coefficient (Wildman–Crippen LogP) is 2.33. The van der Waals surface area contributed by atoms with Crippen LogP contribution in [0.1, 0.15) is 38.1 Å². The van der Waals surface area contributed by atoms with Crippen LogP contribution >= 0.6 is 0 Å². The number of carboxylic acids is 1. The molecule has 0 saturated carbocycles. The number of ether oxygens (including phenoxy) is 1. The Hall–Kier alpha value is -2.09. The molecular formula is C14H19NO6S. The summed E-state index contributed by atoms with van der Waals surface area (Å²) < 4.78 is 30.6. The van der Waals surface area contributed by atoms with Crippen molar-refractivity contribution in [3.8, 4) is 0 Å². The monoisotopic (exact) mass is 329 g/mol. The van der Waals surface area contributed by atoms with Crippen LogP contribution in [-0.4, -0.2) is 42.0 Å². The summed E-state index contributed by atoms with van der Waals surface area (Å²) in [6.45, 7) is 6.22. The Balaban J connectivity index is 3.22. The molecule has 0 aliphatic rings. The highest BCUT2D eigenvalue weighted by molar-refractivity contribution is 7.89. The molecule has 0 radical (unpaired) electrons. The van der Waals surface area contributed by atoms with E-state index in [0.717, 1.165) is 6.07 Å². The number of carboxylic acid groups (broad SMARTS) is 1. The third-order valence-corrected chi connectivity index (χ3v) is 4.39. The summed E-state index contributed by atoms with van der Waals surface area (Å²) in [5.41, 5.74) is -1.02. The standard InChI is InChI=1S/C14H19NO6S/c1-5-15(13(18)21-14(2,3)4)22(19,20)11-8-6-7-10(9-11)12(16)17/h6-9H,5H2,1-4H3,(H,16,17). The van der Waals surface area contributed by atoms with Crippen LogP contribution in [0.25, 0.3) is 0 Å². The van der Waals surface area contributed by atoms with Gasteiger partial charge in [0.1, 0.15) is 5.60 Å². The van der Waals surface area contributed by atoms with Gasteiger partial charge in [-0.25, -0.2) is 22.3 Å². The van der Waals surface area contributed by atoms with E-state index in [2.05, 4.69) is 0 Å². The van der Waals surface area contributed by atoms with Crippen LogP contribution < -0.4 is 0 Å². The zero-order valence-corrected chi connectivity index (χ0v) is 13.7. The zero-order chi connectivity index (χ0) is 17.1. The Labute approximate surface area is 129 Å². The number of rotatable bonds is 4. The molecule has 1 N–H and O–H groups in total. The van der Waals surface area contributed by atoms with Crippen molar-refractivity contribution in [1.82, 2.24) is 4.31 Å². The van der Waals surface area contributed by atoms with E-state index in [-0.39, 0.29) is 17.0 Å². The van der Waals surface area contributed by atoms with Crippen LogP contribution in [0.3, 0.4) is 0 Å². The lowest BCUT2D eigenvalue weighted by Crippen LogP contribution is -2.40. The Morgan fingerprint density at radius 3 is 2.32 bits per heavy atom. The Morgan fingerprint density at radius 1 is 1.27 bits per heavy atom. The number of carbonyl (C=O) groups excluding carboxylic acids is 1. The average molecular weight is 329 g/mol. The Kier molecular flexibility index (Phi) is 5.18. The second kappa shape index (κ2) is 6.35. The van der Waals surface area contributed by atoms with Crippen molar-refractivity contribution in [2.75, 3.05) is 6.54 Å². The van der Waals surface area contributed by atoms with Gasteiger partial charge in [-0.3, -0.25) is 0 Å². The van der Waals surface area contributed by atoms with Crippen LogP contribution in [0, 0.1) is 0 Å². The van der Waals surface area contributed by atoms with Crippen LogP contribution in [0.15, 0.2) is 29.2 Å². The van der Waals surface area contributed by atoms with Crippen molar-refractivity contribution in [1.29, 1.82) is 0 Å². The lowest BCUT2D eigenvalue weighted by atomic mass is 10.2. The first-order valence-electron chi connectivity index (χ1n) is 6.58. The van der Waals surface area contributed by atoms with E-state index in [0.29, 0.717) is 4.31 Å². The number of carbonyl (C=O) groups is 2. The SMILES string of the molecule is CCN(C(=O)OC(C)(C)C)S(=O)(=O)c1cccc(C(=O)O)c1. The minimum atomic E-state index is -4.18. The molecule has 0 bridgehead atoms. The molecule has 1 aromatic rings. The fourth-order valence-corrected chi connectivity index (χ4v) is 2.98. The molecule has 1 aromatic carbocycles. The highest BCUT2D eigenvalue weighted by Gasteiger charge is 2.32. The number of aromatic carboxylic acids is 1. The number of benzene rings is 1. The van der Waals surface area contributed by atoms with E-state index in [1.54, 1.807) is 20.8 Å². The van der Waals surface area contributed by atoms with Gasteiger partial charge < -0.3 is 9.84 Å². The van der Waals surface area contributed by atoms with E-state index in [1.807, 2.05) is 0 Å². The molecule has 7 nitrogen and oxygen atoms in total. The maximum absolute atomic E-state index is 12.5. The molecule has 22 heavy (non-hydrogen) atoms. The molecule has 1 rings (SSSR count). The number of nitrogens with zero attached hydrogens (tertiary/aromatic N) is 1. The normalized spacial score (nSPS) is 11.8. The molecule has 0 aliphatic carbocycles. The molecular weight excluding hydrogens is 310 g/mol. The van der Waals surface area contributed by atoms with Gasteiger partial charge >= 0.3 is 12.1 Å². The first-order valence-corrected chi connectivity index (χ1v) is 8.02. The smallest absolute Gasteiger partial charge is 0.424 e. The van der Waals surface area contributed by atoms with E-state index < -0.39 is 27.7 Å². The quantitative estimate of drug-likeness (QED) is 0.910. The minimum Gasteiger partial charge on any atom is -0.478 e. The van der Waals surface area contributed by atoms with Gasteiger partial charge in [0.25, 0.3) is 10.0 Å². The summed E-state index contributed by atoms with van der Waals surface area (Å²) in [5, 5.41) is 8.93. The number of hydrogen-bond acceptors (Lipinski definition) is 5. The third kappa shape index (κ3) is 4.20. The molecule has 0 atom stereocenters. The summed E-state index contributed by atoms with van der Waals surface area (Å²) in [5.74, 6) is -1.25. The molecule has 0 unspecified atom stereocenters.